The molecule has 440 valence electrons. The molecule has 2 heterocycles. The number of hydrogen-bond donors (Lipinski definition) is 13. The molecule has 2 aliphatic heterocycles. The van der Waals surface area contributed by atoms with Gasteiger partial charge >= 0.3 is 11.9 Å². The summed E-state index contributed by atoms with van der Waals surface area (Å²) in [5.74, 6) is -6.88. The number of ether oxygens (including phenoxy) is 3. The number of carboxylic acid groups (broad SMARTS) is 1. The second-order valence-corrected chi connectivity index (χ2v) is 20.7. The third-order valence-electron chi connectivity index (χ3n) is 13.6. The van der Waals surface area contributed by atoms with Crippen molar-refractivity contribution in [2.24, 2.45) is 23.5 Å². The molecule has 0 spiro atoms. The number of aliphatic hydroxyl groups excluding tert-OH is 10. The van der Waals surface area contributed by atoms with Gasteiger partial charge in [-0.15, -0.1) is 0 Å². The van der Waals surface area contributed by atoms with Gasteiger partial charge in [0, 0.05) is 55.7 Å². The maximum Gasteiger partial charge on any atom is 0.311 e. The van der Waals surface area contributed by atoms with E-state index in [1.54, 1.807) is 91.1 Å². The first-order chi connectivity index (χ1) is 37.3. The lowest BCUT2D eigenvalue weighted by Gasteiger charge is -2.41. The largest absolute Gasteiger partial charge is 0.481 e. The van der Waals surface area contributed by atoms with Crippen LogP contribution in [0.15, 0.2) is 109 Å². The summed E-state index contributed by atoms with van der Waals surface area (Å²) in [6.07, 6.45) is 0.194. The number of carbonyl (C=O) groups excluding carboxylic acids is 4. The standard InChI is InChI=1S/C58H84N2O19/c1-34-16-14-12-10-8-6-4-5-7-9-11-13-15-17-47(78-58-55(74)53(60)54(73)36(3)77-58)33-50(71)52(57(75)76)49(70)31-45(67)28-43(65)26-41(63)24-40(62)25-42(64)27-44(66)29-46(68)32-51(72)79-56(34)35(2)18-23-39(61)30-48(69)37-19-21-38(59)22-20-37/h4-17,19-22,34-36,39-43,46-47,49-50,52-56,58,61-65,68,70-71,73-74H,18,23-33,59-60H2,1-3H3,(H,75,76). The Bertz CT molecular complexity index is 2260. The van der Waals surface area contributed by atoms with E-state index in [-0.39, 0.29) is 30.5 Å². The number of nitrogens with two attached hydrogens (primary N) is 2. The number of aliphatic hydroxyl groups is 10. The van der Waals surface area contributed by atoms with Gasteiger partial charge in [0.2, 0.25) is 0 Å². The van der Waals surface area contributed by atoms with Crippen LogP contribution in [0.1, 0.15) is 108 Å². The minimum absolute atomic E-state index is 0.135. The highest BCUT2D eigenvalue weighted by molar-refractivity contribution is 5.96. The minimum Gasteiger partial charge on any atom is -0.481 e. The van der Waals surface area contributed by atoms with Crippen molar-refractivity contribution in [3.8, 4) is 0 Å². The van der Waals surface area contributed by atoms with Gasteiger partial charge in [-0.1, -0.05) is 98.9 Å². The Kier molecular flexibility index (Phi) is 30.4. The van der Waals surface area contributed by atoms with Crippen molar-refractivity contribution >= 4 is 35.0 Å². The van der Waals surface area contributed by atoms with E-state index in [1.807, 2.05) is 19.9 Å². The summed E-state index contributed by atoms with van der Waals surface area (Å²) in [5.41, 5.74) is 12.6. The van der Waals surface area contributed by atoms with Crippen LogP contribution in [0.2, 0.25) is 0 Å². The number of aliphatic carboxylic acids is 1. The highest BCUT2D eigenvalue weighted by atomic mass is 16.7. The normalized spacial score (nSPS) is 33.3. The van der Waals surface area contributed by atoms with E-state index in [1.165, 1.54) is 19.1 Å². The molecule has 0 amide bonds. The van der Waals surface area contributed by atoms with Crippen LogP contribution in [0.3, 0.4) is 0 Å². The zero-order valence-corrected chi connectivity index (χ0v) is 45.1. The first-order valence-corrected chi connectivity index (χ1v) is 26.7. The molecule has 21 nitrogen and oxygen atoms in total. The smallest absolute Gasteiger partial charge is 0.311 e. The Morgan fingerprint density at radius 2 is 1.13 bits per heavy atom. The third kappa shape index (κ3) is 25.7. The molecule has 2 aliphatic rings. The first-order valence-electron chi connectivity index (χ1n) is 26.7. The van der Waals surface area contributed by atoms with E-state index < -0.39 is 179 Å². The lowest BCUT2D eigenvalue weighted by Crippen LogP contribution is -2.61. The molecule has 0 aromatic heterocycles. The van der Waals surface area contributed by atoms with Gasteiger partial charge in [-0.3, -0.25) is 24.0 Å². The van der Waals surface area contributed by atoms with Crippen LogP contribution in [-0.2, 0) is 33.4 Å². The lowest BCUT2D eigenvalue weighted by atomic mass is 9.88. The molecule has 18 unspecified atom stereocenters. The van der Waals surface area contributed by atoms with E-state index in [0.717, 1.165) is 0 Å². The van der Waals surface area contributed by atoms with Gasteiger partial charge in [0.05, 0.1) is 79.6 Å². The number of esters is 1. The maximum atomic E-state index is 13.3. The van der Waals surface area contributed by atoms with E-state index in [9.17, 15) is 80.1 Å². The van der Waals surface area contributed by atoms with Gasteiger partial charge in [-0.2, -0.15) is 0 Å². The van der Waals surface area contributed by atoms with E-state index in [2.05, 4.69) is 0 Å². The summed E-state index contributed by atoms with van der Waals surface area (Å²) < 4.78 is 17.4. The molecule has 15 N–H and O–H groups in total. The number of carboxylic acids is 1. The predicted molar refractivity (Wildman–Crippen MR) is 291 cm³/mol. The van der Waals surface area contributed by atoms with Gasteiger partial charge in [0.1, 0.15) is 29.7 Å². The Morgan fingerprint density at radius 1 is 0.633 bits per heavy atom. The number of ketones is 3. The molecule has 21 heteroatoms. The fraction of sp³-hybridized carbons (Fsp3) is 0.569. The molecule has 0 aliphatic carbocycles. The van der Waals surface area contributed by atoms with Crippen molar-refractivity contribution in [3.63, 3.8) is 0 Å². The summed E-state index contributed by atoms with van der Waals surface area (Å²) in [6, 6.07) is 5.18. The minimum atomic E-state index is -1.97. The Labute approximate surface area is 461 Å². The van der Waals surface area contributed by atoms with Gasteiger partial charge in [0.15, 0.2) is 12.1 Å². The summed E-state index contributed by atoms with van der Waals surface area (Å²) >= 11 is 0. The molecule has 1 aromatic carbocycles. The number of hydrogen-bond acceptors (Lipinski definition) is 20. The fourth-order valence-electron chi connectivity index (χ4n) is 9.23. The molecule has 0 bridgehead atoms. The SMILES string of the molecule is CC1C=CC=CC=CC=CC=CC=CC=CC(OC2OC(C)C(O)C(N)C2O)CC(O)C(C(=O)O)C(O)CC(=O)CC(O)CC(O)CC(O)CC(O)CC(=O)CC(O)CC(=O)OC1C(C)CCC(O)CC(=O)c1ccc(N)cc1. The second kappa shape index (κ2) is 35.4. The summed E-state index contributed by atoms with van der Waals surface area (Å²) in [6.45, 7) is 5.16. The zero-order chi connectivity index (χ0) is 58.8. The van der Waals surface area contributed by atoms with Crippen molar-refractivity contribution in [1.29, 1.82) is 0 Å². The fourth-order valence-corrected chi connectivity index (χ4v) is 9.23. The van der Waals surface area contributed by atoms with Crippen LogP contribution in [0.4, 0.5) is 5.69 Å². The van der Waals surface area contributed by atoms with Gasteiger partial charge < -0.3 is 81.8 Å². The molecule has 3 rings (SSSR count). The van der Waals surface area contributed by atoms with Gasteiger partial charge in [0.25, 0.3) is 0 Å². The number of Topliss-reactive ketones (excluding diaryl/α,β-unsaturated/α-hetero) is 3. The molecular weight excluding hydrogens is 1030 g/mol. The number of nitrogen functional groups attached to an aromatic ring is 1. The van der Waals surface area contributed by atoms with Crippen LogP contribution in [0, 0.1) is 17.8 Å². The summed E-state index contributed by atoms with van der Waals surface area (Å²) in [7, 11) is 0. The molecular formula is C58H84N2O19. The van der Waals surface area contributed by atoms with Crippen molar-refractivity contribution in [2.75, 3.05) is 5.73 Å². The highest BCUT2D eigenvalue weighted by Gasteiger charge is 2.43. The molecule has 79 heavy (non-hydrogen) atoms. The van der Waals surface area contributed by atoms with Gasteiger partial charge in [-0.05, 0) is 69.2 Å². The monoisotopic (exact) mass is 1110 g/mol. The van der Waals surface area contributed by atoms with Crippen molar-refractivity contribution in [1.82, 2.24) is 0 Å². The van der Waals surface area contributed by atoms with Crippen molar-refractivity contribution in [2.45, 2.75) is 190 Å². The number of cyclic esters (lactones) is 1. The lowest BCUT2D eigenvalue weighted by molar-refractivity contribution is -0.277. The van der Waals surface area contributed by atoms with Crippen LogP contribution in [-0.4, -0.2) is 177 Å². The Balaban J connectivity index is 1.83. The number of rotatable bonds is 10. The van der Waals surface area contributed by atoms with Crippen LogP contribution >= 0.6 is 0 Å². The van der Waals surface area contributed by atoms with E-state index in [0.29, 0.717) is 17.7 Å². The quantitative estimate of drug-likeness (QED) is 0.0906. The van der Waals surface area contributed by atoms with E-state index in [4.69, 9.17) is 25.7 Å². The zero-order valence-electron chi connectivity index (χ0n) is 45.1. The first kappa shape index (κ1) is 67.9. The van der Waals surface area contributed by atoms with Crippen LogP contribution in [0.25, 0.3) is 0 Å². The number of anilines is 1. The second-order valence-electron chi connectivity index (χ2n) is 20.7. The average Bonchev–Trinajstić information content (AvgIpc) is 3.35. The maximum absolute atomic E-state index is 13.3. The molecule has 1 fully saturated rings. The highest BCUT2D eigenvalue weighted by Crippen LogP contribution is 2.28. The molecule has 0 saturated carbocycles. The van der Waals surface area contributed by atoms with E-state index >= 15 is 0 Å². The average molecular weight is 1110 g/mol. The number of carbonyl (C=O) groups is 5. The predicted octanol–water partition coefficient (Wildman–Crippen LogP) is 2.13. The van der Waals surface area contributed by atoms with Crippen LogP contribution < -0.4 is 11.5 Å². The summed E-state index contributed by atoms with van der Waals surface area (Å²) in [4.78, 5) is 64.3. The van der Waals surface area contributed by atoms with Crippen LogP contribution in [0.5, 0.6) is 0 Å². The van der Waals surface area contributed by atoms with Crippen molar-refractivity contribution < 1.29 is 94.4 Å². The van der Waals surface area contributed by atoms with Crippen molar-refractivity contribution in [3.05, 3.63) is 115 Å². The molecule has 1 saturated heterocycles. The number of allylic oxidation sites excluding steroid dienone is 12. The number of benzene rings is 1. The molecule has 1 aromatic rings. The Hall–Kier alpha value is -5.37. The Morgan fingerprint density at radius 3 is 1.67 bits per heavy atom. The molecule has 0 radical (unpaired) electrons. The third-order valence-corrected chi connectivity index (χ3v) is 13.6. The van der Waals surface area contributed by atoms with Gasteiger partial charge in [-0.25, -0.2) is 0 Å². The summed E-state index contributed by atoms with van der Waals surface area (Å²) in [5, 5.41) is 117. The molecule has 18 atom stereocenters. The topological polar surface area (TPSA) is 388 Å².